The molecular formula is C26H31N5O2. The number of benzene rings is 2. The number of hydrogen-bond donors (Lipinski definition) is 3. The summed E-state index contributed by atoms with van der Waals surface area (Å²) < 4.78 is 0. The zero-order valence-corrected chi connectivity index (χ0v) is 19.4. The standard InChI is InChI=1S/C26H31N5O2/c1-4-31(5-2)15-14-28-25(32)21-16-18(3)24(29-17-21)19-10-12-20(13-11-19)26(33)30-23-9-7-6-8-22(23)27/h6-13,16-17H,4-5,14-15,27H2,1-3H3,(H,28,32)(H,30,33). The minimum atomic E-state index is -0.235. The SMILES string of the molecule is CCN(CC)CCNC(=O)c1cnc(-c2ccc(C(=O)Nc3ccccc3N)cc2)c(C)c1. The van der Waals surface area contributed by atoms with Gasteiger partial charge in [-0.05, 0) is 55.9 Å². The molecule has 0 fully saturated rings. The predicted molar refractivity (Wildman–Crippen MR) is 133 cm³/mol. The largest absolute Gasteiger partial charge is 0.397 e. The number of amides is 2. The van der Waals surface area contributed by atoms with Gasteiger partial charge < -0.3 is 21.3 Å². The summed E-state index contributed by atoms with van der Waals surface area (Å²) in [6, 6.07) is 16.2. The number of aromatic nitrogens is 1. The molecule has 0 saturated carbocycles. The van der Waals surface area contributed by atoms with E-state index in [2.05, 4.69) is 34.4 Å². The van der Waals surface area contributed by atoms with Crippen molar-refractivity contribution in [1.82, 2.24) is 15.2 Å². The first-order valence-electron chi connectivity index (χ1n) is 11.2. The topological polar surface area (TPSA) is 100 Å². The Hall–Kier alpha value is -3.71. The zero-order chi connectivity index (χ0) is 23.8. The number of aryl methyl sites for hydroxylation is 1. The summed E-state index contributed by atoms with van der Waals surface area (Å²) in [5.41, 5.74) is 10.6. The van der Waals surface area contributed by atoms with Crippen LogP contribution < -0.4 is 16.4 Å². The van der Waals surface area contributed by atoms with Crippen molar-refractivity contribution in [1.29, 1.82) is 0 Å². The van der Waals surface area contributed by atoms with E-state index in [9.17, 15) is 9.59 Å². The van der Waals surface area contributed by atoms with Crippen LogP contribution in [0.5, 0.6) is 0 Å². The molecule has 1 aromatic heterocycles. The fraction of sp³-hybridized carbons (Fsp3) is 0.269. The van der Waals surface area contributed by atoms with E-state index < -0.39 is 0 Å². The first-order chi connectivity index (χ1) is 15.9. The van der Waals surface area contributed by atoms with Crippen molar-refractivity contribution in [2.24, 2.45) is 0 Å². The number of nitrogens with one attached hydrogen (secondary N) is 2. The molecule has 33 heavy (non-hydrogen) atoms. The fourth-order valence-electron chi connectivity index (χ4n) is 3.56. The number of nitrogens with zero attached hydrogens (tertiary/aromatic N) is 2. The number of anilines is 2. The maximum Gasteiger partial charge on any atom is 0.255 e. The molecule has 1 heterocycles. The summed E-state index contributed by atoms with van der Waals surface area (Å²) in [7, 11) is 0. The Morgan fingerprint density at radius 3 is 2.30 bits per heavy atom. The first kappa shape index (κ1) is 23.9. The molecule has 3 rings (SSSR count). The van der Waals surface area contributed by atoms with Crippen molar-refractivity contribution in [3.05, 3.63) is 77.5 Å². The summed E-state index contributed by atoms with van der Waals surface area (Å²) in [5, 5.41) is 5.78. The molecule has 7 heteroatoms. The third-order valence-electron chi connectivity index (χ3n) is 5.58. The lowest BCUT2D eigenvalue weighted by Gasteiger charge is -2.18. The fourth-order valence-corrected chi connectivity index (χ4v) is 3.56. The van der Waals surface area contributed by atoms with E-state index >= 15 is 0 Å². The van der Waals surface area contributed by atoms with Crippen LogP contribution in [0.2, 0.25) is 0 Å². The quantitative estimate of drug-likeness (QED) is 0.433. The van der Waals surface area contributed by atoms with Crippen LogP contribution in [0.25, 0.3) is 11.3 Å². The van der Waals surface area contributed by atoms with Crippen LogP contribution in [0.1, 0.15) is 40.1 Å². The second kappa shape index (κ2) is 11.2. The van der Waals surface area contributed by atoms with Crippen LogP contribution in [0.3, 0.4) is 0 Å². The lowest BCUT2D eigenvalue weighted by molar-refractivity contribution is 0.0947. The van der Waals surface area contributed by atoms with Crippen LogP contribution >= 0.6 is 0 Å². The van der Waals surface area contributed by atoms with Gasteiger partial charge in [-0.2, -0.15) is 0 Å². The highest BCUT2D eigenvalue weighted by Crippen LogP contribution is 2.23. The summed E-state index contributed by atoms with van der Waals surface area (Å²) in [6.07, 6.45) is 1.59. The summed E-state index contributed by atoms with van der Waals surface area (Å²) in [5.74, 6) is -0.364. The van der Waals surface area contributed by atoms with Crippen LogP contribution in [0.15, 0.2) is 60.8 Å². The number of para-hydroxylation sites is 2. The molecule has 0 radical (unpaired) electrons. The molecule has 0 saturated heterocycles. The van der Waals surface area contributed by atoms with Gasteiger partial charge in [0.2, 0.25) is 0 Å². The second-order valence-corrected chi connectivity index (χ2v) is 7.79. The number of nitrogens with two attached hydrogens (primary N) is 1. The molecule has 172 valence electrons. The molecule has 0 spiro atoms. The van der Waals surface area contributed by atoms with E-state index in [0.29, 0.717) is 29.0 Å². The molecule has 4 N–H and O–H groups in total. The molecule has 3 aromatic rings. The number of likely N-dealkylation sites (N-methyl/N-ethyl adjacent to an activating group) is 1. The lowest BCUT2D eigenvalue weighted by Crippen LogP contribution is -2.34. The van der Waals surface area contributed by atoms with Crippen LogP contribution in [-0.2, 0) is 0 Å². The van der Waals surface area contributed by atoms with Gasteiger partial charge in [-0.15, -0.1) is 0 Å². The van der Waals surface area contributed by atoms with Crippen LogP contribution in [-0.4, -0.2) is 47.9 Å². The molecule has 2 amide bonds. The van der Waals surface area contributed by atoms with Crippen molar-refractivity contribution in [2.45, 2.75) is 20.8 Å². The average molecular weight is 446 g/mol. The van der Waals surface area contributed by atoms with Crippen molar-refractivity contribution >= 4 is 23.2 Å². The van der Waals surface area contributed by atoms with Gasteiger partial charge in [0.25, 0.3) is 11.8 Å². The number of pyridine rings is 1. The summed E-state index contributed by atoms with van der Waals surface area (Å²) >= 11 is 0. The van der Waals surface area contributed by atoms with Crippen LogP contribution in [0.4, 0.5) is 11.4 Å². The Morgan fingerprint density at radius 1 is 0.970 bits per heavy atom. The Bertz CT molecular complexity index is 1110. The highest BCUT2D eigenvalue weighted by Gasteiger charge is 2.12. The van der Waals surface area contributed by atoms with E-state index in [0.717, 1.165) is 36.5 Å². The van der Waals surface area contributed by atoms with Gasteiger partial charge in [-0.3, -0.25) is 14.6 Å². The second-order valence-electron chi connectivity index (χ2n) is 7.79. The number of carbonyl (C=O) groups excluding carboxylic acids is 2. The smallest absolute Gasteiger partial charge is 0.255 e. The first-order valence-corrected chi connectivity index (χ1v) is 11.2. The molecule has 0 atom stereocenters. The molecule has 7 nitrogen and oxygen atoms in total. The highest BCUT2D eigenvalue weighted by molar-refractivity contribution is 6.06. The van der Waals surface area contributed by atoms with Crippen molar-refractivity contribution in [2.75, 3.05) is 37.2 Å². The number of rotatable bonds is 9. The Morgan fingerprint density at radius 2 is 1.67 bits per heavy atom. The molecule has 0 bridgehead atoms. The van der Waals surface area contributed by atoms with E-state index in [1.54, 1.807) is 30.5 Å². The minimum absolute atomic E-state index is 0.128. The summed E-state index contributed by atoms with van der Waals surface area (Å²) in [6.45, 7) is 9.48. The highest BCUT2D eigenvalue weighted by atomic mass is 16.2. The molecule has 0 aliphatic heterocycles. The van der Waals surface area contributed by atoms with E-state index in [1.807, 2.05) is 37.3 Å². The Kier molecular flexibility index (Phi) is 8.16. The third-order valence-corrected chi connectivity index (χ3v) is 5.58. The molecular weight excluding hydrogens is 414 g/mol. The Labute approximate surface area is 195 Å². The molecule has 0 aliphatic rings. The third kappa shape index (κ3) is 6.17. The lowest BCUT2D eigenvalue weighted by atomic mass is 10.0. The van der Waals surface area contributed by atoms with E-state index in [4.69, 9.17) is 5.73 Å². The predicted octanol–water partition coefficient (Wildman–Crippen LogP) is 3.96. The number of hydrogen-bond acceptors (Lipinski definition) is 5. The average Bonchev–Trinajstić information content (AvgIpc) is 2.83. The van der Waals surface area contributed by atoms with Crippen molar-refractivity contribution in [3.63, 3.8) is 0 Å². The normalized spacial score (nSPS) is 10.8. The van der Waals surface area contributed by atoms with E-state index in [-0.39, 0.29) is 11.8 Å². The molecule has 0 aliphatic carbocycles. The van der Waals surface area contributed by atoms with Gasteiger partial charge in [-0.1, -0.05) is 38.1 Å². The minimum Gasteiger partial charge on any atom is -0.397 e. The molecule has 0 unspecified atom stereocenters. The van der Waals surface area contributed by atoms with Gasteiger partial charge in [0.15, 0.2) is 0 Å². The van der Waals surface area contributed by atoms with E-state index in [1.165, 1.54) is 0 Å². The maximum absolute atomic E-state index is 12.5. The van der Waals surface area contributed by atoms with Crippen LogP contribution in [0, 0.1) is 6.92 Å². The van der Waals surface area contributed by atoms with Gasteiger partial charge in [-0.25, -0.2) is 0 Å². The monoisotopic (exact) mass is 445 g/mol. The van der Waals surface area contributed by atoms with Gasteiger partial charge in [0.1, 0.15) is 0 Å². The maximum atomic E-state index is 12.5. The zero-order valence-electron chi connectivity index (χ0n) is 19.4. The van der Waals surface area contributed by atoms with Gasteiger partial charge in [0.05, 0.1) is 22.6 Å². The van der Waals surface area contributed by atoms with Gasteiger partial charge in [0, 0.05) is 30.4 Å². The number of carbonyl (C=O) groups is 2. The Balaban J connectivity index is 1.65. The van der Waals surface area contributed by atoms with Gasteiger partial charge >= 0.3 is 0 Å². The summed E-state index contributed by atoms with van der Waals surface area (Å²) in [4.78, 5) is 31.8. The van der Waals surface area contributed by atoms with Crippen molar-refractivity contribution < 1.29 is 9.59 Å². The number of nitrogen functional groups attached to an aromatic ring is 1. The van der Waals surface area contributed by atoms with Crippen molar-refractivity contribution in [3.8, 4) is 11.3 Å². The molecule has 2 aromatic carbocycles.